The summed E-state index contributed by atoms with van der Waals surface area (Å²) < 4.78 is 20.0. The number of piperidine rings is 1. The second-order valence-electron chi connectivity index (χ2n) is 5.96. The van der Waals surface area contributed by atoms with E-state index in [2.05, 4.69) is 11.8 Å². The number of amides is 1. The molecule has 0 N–H and O–H groups in total. The van der Waals surface area contributed by atoms with Crippen LogP contribution in [0.2, 0.25) is 0 Å². The van der Waals surface area contributed by atoms with Crippen LogP contribution < -0.4 is 0 Å². The standard InChI is InChI=1S/C14H23FN2O2/c1-2-16-8-9-19-12-4-7-17(10-11(12)16)13(18)14(15)5-3-6-14/h11-12H,2-10H2,1H3/t11-,12-/m0/s1. The molecular weight excluding hydrogens is 247 g/mol. The quantitative estimate of drug-likeness (QED) is 0.756. The van der Waals surface area contributed by atoms with Crippen LogP contribution in [-0.4, -0.2) is 66.3 Å². The maximum Gasteiger partial charge on any atom is 0.260 e. The molecule has 2 heterocycles. The van der Waals surface area contributed by atoms with Gasteiger partial charge in [-0.25, -0.2) is 4.39 Å². The van der Waals surface area contributed by atoms with Crippen LogP contribution in [-0.2, 0) is 9.53 Å². The van der Waals surface area contributed by atoms with Gasteiger partial charge in [-0.05, 0) is 32.2 Å². The third-order valence-electron chi connectivity index (χ3n) is 4.92. The molecule has 3 aliphatic rings. The van der Waals surface area contributed by atoms with Crippen LogP contribution in [0.5, 0.6) is 0 Å². The number of likely N-dealkylation sites (N-methyl/N-ethyl adjacent to an activating group) is 1. The van der Waals surface area contributed by atoms with Crippen LogP contribution in [0.25, 0.3) is 0 Å². The normalized spacial score (nSPS) is 34.5. The number of fused-ring (bicyclic) bond motifs is 1. The van der Waals surface area contributed by atoms with Crippen molar-refractivity contribution in [3.63, 3.8) is 0 Å². The Morgan fingerprint density at radius 1 is 1.42 bits per heavy atom. The fourth-order valence-corrected chi connectivity index (χ4v) is 3.50. The highest BCUT2D eigenvalue weighted by Crippen LogP contribution is 2.38. The molecule has 3 rings (SSSR count). The predicted molar refractivity (Wildman–Crippen MR) is 69.7 cm³/mol. The highest BCUT2D eigenvalue weighted by molar-refractivity contribution is 5.86. The van der Waals surface area contributed by atoms with Gasteiger partial charge in [0.2, 0.25) is 0 Å². The molecule has 0 spiro atoms. The molecule has 0 bridgehead atoms. The van der Waals surface area contributed by atoms with Crippen molar-refractivity contribution in [2.75, 3.05) is 32.8 Å². The van der Waals surface area contributed by atoms with E-state index in [9.17, 15) is 9.18 Å². The topological polar surface area (TPSA) is 32.8 Å². The SMILES string of the molecule is CCN1CCO[C@H]2CCN(C(=O)C3(F)CCC3)C[C@@H]21. The van der Waals surface area contributed by atoms with Gasteiger partial charge in [0.15, 0.2) is 5.67 Å². The van der Waals surface area contributed by atoms with E-state index < -0.39 is 5.67 Å². The average Bonchev–Trinajstić information content (AvgIpc) is 2.42. The van der Waals surface area contributed by atoms with E-state index >= 15 is 0 Å². The van der Waals surface area contributed by atoms with Crippen molar-refractivity contribution >= 4 is 5.91 Å². The number of hydrogen-bond donors (Lipinski definition) is 0. The Labute approximate surface area is 113 Å². The lowest BCUT2D eigenvalue weighted by Gasteiger charge is -2.48. The molecular formula is C14H23FN2O2. The van der Waals surface area contributed by atoms with Crippen LogP contribution in [0.1, 0.15) is 32.6 Å². The molecule has 1 aliphatic carbocycles. The zero-order valence-electron chi connectivity index (χ0n) is 11.6. The lowest BCUT2D eigenvalue weighted by atomic mass is 9.80. The molecule has 0 aromatic carbocycles. The van der Waals surface area contributed by atoms with Crippen molar-refractivity contribution in [3.05, 3.63) is 0 Å². The van der Waals surface area contributed by atoms with Crippen LogP contribution in [0, 0.1) is 0 Å². The Hall–Kier alpha value is -0.680. The molecule has 2 atom stereocenters. The number of carbonyl (C=O) groups excluding carboxylic acids is 1. The molecule has 0 aromatic heterocycles. The van der Waals surface area contributed by atoms with E-state index in [4.69, 9.17) is 4.74 Å². The molecule has 3 fully saturated rings. The summed E-state index contributed by atoms with van der Waals surface area (Å²) in [6.07, 6.45) is 2.71. The van der Waals surface area contributed by atoms with Gasteiger partial charge in [0, 0.05) is 19.6 Å². The van der Waals surface area contributed by atoms with Gasteiger partial charge in [0.1, 0.15) is 0 Å². The highest BCUT2D eigenvalue weighted by atomic mass is 19.1. The molecule has 2 aliphatic heterocycles. The number of halogens is 1. The average molecular weight is 270 g/mol. The van der Waals surface area contributed by atoms with Gasteiger partial charge in [-0.1, -0.05) is 6.92 Å². The van der Waals surface area contributed by atoms with Gasteiger partial charge >= 0.3 is 0 Å². The summed E-state index contributed by atoms with van der Waals surface area (Å²) in [5, 5.41) is 0. The van der Waals surface area contributed by atoms with Crippen LogP contribution in [0.3, 0.4) is 0 Å². The van der Waals surface area contributed by atoms with Crippen molar-refractivity contribution in [2.45, 2.75) is 50.4 Å². The Balaban J connectivity index is 1.67. The van der Waals surface area contributed by atoms with Gasteiger partial charge in [0.05, 0.1) is 18.8 Å². The monoisotopic (exact) mass is 270 g/mol. The first-order chi connectivity index (χ1) is 9.14. The molecule has 0 aromatic rings. The van der Waals surface area contributed by atoms with E-state index in [-0.39, 0.29) is 18.1 Å². The fourth-order valence-electron chi connectivity index (χ4n) is 3.50. The lowest BCUT2D eigenvalue weighted by Crippen LogP contribution is -2.63. The summed E-state index contributed by atoms with van der Waals surface area (Å²) >= 11 is 0. The van der Waals surface area contributed by atoms with E-state index in [0.29, 0.717) is 25.9 Å². The van der Waals surface area contributed by atoms with E-state index in [1.807, 2.05) is 0 Å². The minimum atomic E-state index is -1.56. The van der Waals surface area contributed by atoms with Crippen molar-refractivity contribution in [3.8, 4) is 0 Å². The molecule has 0 unspecified atom stereocenters. The smallest absolute Gasteiger partial charge is 0.260 e. The minimum absolute atomic E-state index is 0.217. The van der Waals surface area contributed by atoms with Crippen molar-refractivity contribution in [2.24, 2.45) is 0 Å². The predicted octanol–water partition coefficient (Wildman–Crippen LogP) is 1.20. The minimum Gasteiger partial charge on any atom is -0.375 e. The van der Waals surface area contributed by atoms with Gasteiger partial charge in [-0.3, -0.25) is 9.69 Å². The van der Waals surface area contributed by atoms with Gasteiger partial charge in [0.25, 0.3) is 5.91 Å². The fraction of sp³-hybridized carbons (Fsp3) is 0.929. The van der Waals surface area contributed by atoms with Crippen LogP contribution >= 0.6 is 0 Å². The first kappa shape index (κ1) is 13.3. The largest absolute Gasteiger partial charge is 0.375 e. The van der Waals surface area contributed by atoms with Gasteiger partial charge in [-0.15, -0.1) is 0 Å². The molecule has 1 saturated carbocycles. The highest BCUT2D eigenvalue weighted by Gasteiger charge is 2.49. The number of likely N-dealkylation sites (tertiary alicyclic amines) is 1. The first-order valence-corrected chi connectivity index (χ1v) is 7.48. The zero-order valence-corrected chi connectivity index (χ0v) is 11.6. The maximum absolute atomic E-state index is 14.3. The third kappa shape index (κ3) is 2.27. The second kappa shape index (κ2) is 5.02. The third-order valence-corrected chi connectivity index (χ3v) is 4.92. The van der Waals surface area contributed by atoms with E-state index in [1.54, 1.807) is 4.90 Å². The summed E-state index contributed by atoms with van der Waals surface area (Å²) in [6.45, 7) is 6.06. The Bertz CT molecular complexity index is 353. The summed E-state index contributed by atoms with van der Waals surface area (Å²) in [5.41, 5.74) is -1.56. The Morgan fingerprint density at radius 3 is 2.84 bits per heavy atom. The second-order valence-corrected chi connectivity index (χ2v) is 5.96. The Morgan fingerprint density at radius 2 is 2.21 bits per heavy atom. The van der Waals surface area contributed by atoms with Crippen molar-refractivity contribution < 1.29 is 13.9 Å². The molecule has 2 saturated heterocycles. The lowest BCUT2D eigenvalue weighted by molar-refractivity contribution is -0.159. The van der Waals surface area contributed by atoms with E-state index in [1.165, 1.54) is 0 Å². The maximum atomic E-state index is 14.3. The Kier molecular flexibility index (Phi) is 3.52. The molecule has 5 heteroatoms. The van der Waals surface area contributed by atoms with Crippen molar-refractivity contribution in [1.29, 1.82) is 0 Å². The zero-order chi connectivity index (χ0) is 13.5. The van der Waals surface area contributed by atoms with Gasteiger partial charge in [-0.2, -0.15) is 0 Å². The summed E-state index contributed by atoms with van der Waals surface area (Å²) in [6, 6.07) is 0.250. The molecule has 1 amide bonds. The van der Waals surface area contributed by atoms with Crippen molar-refractivity contribution in [1.82, 2.24) is 9.80 Å². The van der Waals surface area contributed by atoms with Gasteiger partial charge < -0.3 is 9.64 Å². The molecule has 108 valence electrons. The summed E-state index contributed by atoms with van der Waals surface area (Å²) in [4.78, 5) is 16.4. The first-order valence-electron chi connectivity index (χ1n) is 7.48. The molecule has 0 radical (unpaired) electrons. The number of ether oxygens (including phenoxy) is 1. The number of morpholine rings is 1. The summed E-state index contributed by atoms with van der Waals surface area (Å²) in [7, 11) is 0. The van der Waals surface area contributed by atoms with E-state index in [0.717, 1.165) is 32.5 Å². The van der Waals surface area contributed by atoms with Crippen LogP contribution in [0.4, 0.5) is 4.39 Å². The number of alkyl halides is 1. The number of carbonyl (C=O) groups is 1. The van der Waals surface area contributed by atoms with Crippen LogP contribution in [0.15, 0.2) is 0 Å². The number of hydrogen-bond acceptors (Lipinski definition) is 3. The number of rotatable bonds is 2. The molecule has 4 nitrogen and oxygen atoms in total. The molecule has 19 heavy (non-hydrogen) atoms. The number of nitrogens with zero attached hydrogens (tertiary/aromatic N) is 2. The summed E-state index contributed by atoms with van der Waals surface area (Å²) in [5.74, 6) is -0.279.